The summed E-state index contributed by atoms with van der Waals surface area (Å²) in [5.41, 5.74) is 5.77. The van der Waals surface area contributed by atoms with Crippen LogP contribution in [-0.2, 0) is 11.2 Å². The first-order valence-corrected chi connectivity index (χ1v) is 4.61. The molecule has 0 aliphatic heterocycles. The Bertz CT molecular complexity index is 380. The monoisotopic (exact) mass is 223 g/mol. The Balaban J connectivity index is 2.81. The molecule has 0 heterocycles. The summed E-state index contributed by atoms with van der Waals surface area (Å²) in [5.74, 6) is -1.93. The van der Waals surface area contributed by atoms with E-state index in [9.17, 15) is 10.0 Å². The normalized spacial score (nSPS) is 11.8. The van der Waals surface area contributed by atoms with Crippen LogP contribution in [-0.4, -0.2) is 33.3 Å². The lowest BCUT2D eigenvalue weighted by molar-refractivity contribution is -0.153. The van der Waals surface area contributed by atoms with Gasteiger partial charge in [0.25, 0.3) is 0 Å². The van der Waals surface area contributed by atoms with Crippen LogP contribution in [0.5, 0.6) is 0 Å². The SMILES string of the molecule is N=C(N)N(O)C(Cc1ccccc1)C(=O)O. The molecule has 0 amide bonds. The fraction of sp³-hybridized carbons (Fsp3) is 0.200. The molecule has 5 N–H and O–H groups in total. The predicted molar refractivity (Wildman–Crippen MR) is 57.1 cm³/mol. The van der Waals surface area contributed by atoms with Crippen molar-refractivity contribution < 1.29 is 15.1 Å². The number of hydrogen-bond donors (Lipinski definition) is 4. The molecule has 0 aliphatic carbocycles. The van der Waals surface area contributed by atoms with Crippen molar-refractivity contribution in [3.63, 3.8) is 0 Å². The first-order chi connectivity index (χ1) is 7.52. The number of hydroxylamine groups is 2. The van der Waals surface area contributed by atoms with Gasteiger partial charge in [0.05, 0.1) is 0 Å². The summed E-state index contributed by atoms with van der Waals surface area (Å²) in [4.78, 5) is 10.9. The molecule has 1 aromatic rings. The number of carboxylic acid groups (broad SMARTS) is 1. The molecule has 0 fully saturated rings. The number of nitrogens with one attached hydrogen (secondary N) is 1. The molecule has 0 aromatic heterocycles. The van der Waals surface area contributed by atoms with Crippen molar-refractivity contribution in [1.29, 1.82) is 5.41 Å². The van der Waals surface area contributed by atoms with Crippen molar-refractivity contribution in [3.8, 4) is 0 Å². The Morgan fingerprint density at radius 3 is 2.44 bits per heavy atom. The molecule has 0 aliphatic rings. The van der Waals surface area contributed by atoms with Crippen LogP contribution in [0.3, 0.4) is 0 Å². The second-order valence-electron chi connectivity index (χ2n) is 3.27. The highest BCUT2D eigenvalue weighted by atomic mass is 16.5. The second-order valence-corrected chi connectivity index (χ2v) is 3.27. The summed E-state index contributed by atoms with van der Waals surface area (Å²) >= 11 is 0. The minimum Gasteiger partial charge on any atom is -0.480 e. The predicted octanol–water partition coefficient (Wildman–Crippen LogP) is 0.267. The lowest BCUT2D eigenvalue weighted by Gasteiger charge is -2.22. The number of carbonyl (C=O) groups is 1. The van der Waals surface area contributed by atoms with E-state index in [0.717, 1.165) is 5.56 Å². The van der Waals surface area contributed by atoms with E-state index < -0.39 is 18.0 Å². The number of guanidine groups is 1. The fourth-order valence-electron chi connectivity index (χ4n) is 1.28. The highest BCUT2D eigenvalue weighted by Crippen LogP contribution is 2.07. The van der Waals surface area contributed by atoms with Crippen LogP contribution in [0.1, 0.15) is 5.56 Å². The minimum atomic E-state index is -1.25. The molecule has 0 bridgehead atoms. The summed E-state index contributed by atoms with van der Waals surface area (Å²) < 4.78 is 0. The molecule has 16 heavy (non-hydrogen) atoms. The van der Waals surface area contributed by atoms with Gasteiger partial charge in [-0.1, -0.05) is 30.3 Å². The maximum Gasteiger partial charge on any atom is 0.329 e. The average Bonchev–Trinajstić information content (AvgIpc) is 2.26. The quantitative estimate of drug-likeness (QED) is 0.332. The summed E-state index contributed by atoms with van der Waals surface area (Å²) in [6.45, 7) is 0. The largest absolute Gasteiger partial charge is 0.480 e. The smallest absolute Gasteiger partial charge is 0.329 e. The van der Waals surface area contributed by atoms with E-state index in [1.54, 1.807) is 30.3 Å². The van der Waals surface area contributed by atoms with Gasteiger partial charge < -0.3 is 10.8 Å². The number of aliphatic carboxylic acids is 1. The molecule has 6 heteroatoms. The Morgan fingerprint density at radius 2 is 2.00 bits per heavy atom. The van der Waals surface area contributed by atoms with E-state index in [1.165, 1.54) is 0 Å². The third kappa shape index (κ3) is 2.96. The van der Waals surface area contributed by atoms with Crippen LogP contribution in [0.2, 0.25) is 0 Å². The molecule has 6 nitrogen and oxygen atoms in total. The summed E-state index contributed by atoms with van der Waals surface area (Å²) in [7, 11) is 0. The molecule has 0 saturated heterocycles. The van der Waals surface area contributed by atoms with Crippen LogP contribution < -0.4 is 5.73 Å². The van der Waals surface area contributed by atoms with Crippen LogP contribution in [0.15, 0.2) is 30.3 Å². The molecular weight excluding hydrogens is 210 g/mol. The molecule has 0 saturated carbocycles. The van der Waals surface area contributed by atoms with Crippen LogP contribution in [0.25, 0.3) is 0 Å². The molecule has 1 unspecified atom stereocenters. The maximum atomic E-state index is 10.9. The first-order valence-electron chi connectivity index (χ1n) is 4.61. The number of nitrogens with zero attached hydrogens (tertiary/aromatic N) is 1. The fourth-order valence-corrected chi connectivity index (χ4v) is 1.28. The molecule has 1 rings (SSSR count). The molecule has 0 radical (unpaired) electrons. The van der Waals surface area contributed by atoms with E-state index >= 15 is 0 Å². The van der Waals surface area contributed by atoms with Gasteiger partial charge >= 0.3 is 5.97 Å². The van der Waals surface area contributed by atoms with E-state index in [0.29, 0.717) is 0 Å². The van der Waals surface area contributed by atoms with Crippen LogP contribution in [0.4, 0.5) is 0 Å². The van der Waals surface area contributed by atoms with Crippen molar-refractivity contribution in [1.82, 2.24) is 5.06 Å². The Morgan fingerprint density at radius 1 is 1.44 bits per heavy atom. The molecule has 0 spiro atoms. The van der Waals surface area contributed by atoms with Gasteiger partial charge in [-0.2, -0.15) is 0 Å². The highest BCUT2D eigenvalue weighted by Gasteiger charge is 2.25. The number of carboxylic acids is 1. The van der Waals surface area contributed by atoms with Gasteiger partial charge in [-0.25, -0.2) is 9.86 Å². The third-order valence-corrected chi connectivity index (χ3v) is 2.10. The van der Waals surface area contributed by atoms with E-state index in [2.05, 4.69) is 0 Å². The average molecular weight is 223 g/mol. The zero-order valence-electron chi connectivity index (χ0n) is 8.50. The van der Waals surface area contributed by atoms with Gasteiger partial charge in [-0.05, 0) is 5.56 Å². The Labute approximate surface area is 92.4 Å². The first kappa shape index (κ1) is 12.0. The summed E-state index contributed by atoms with van der Waals surface area (Å²) in [6, 6.07) is 7.57. The topological polar surface area (TPSA) is 111 Å². The second kappa shape index (κ2) is 5.13. The maximum absolute atomic E-state index is 10.9. The van der Waals surface area contributed by atoms with Gasteiger partial charge in [0, 0.05) is 6.42 Å². The van der Waals surface area contributed by atoms with Gasteiger partial charge in [0.1, 0.15) is 0 Å². The molecule has 1 aromatic carbocycles. The van der Waals surface area contributed by atoms with Crippen molar-refractivity contribution >= 4 is 11.9 Å². The van der Waals surface area contributed by atoms with Crippen LogP contribution in [0, 0.1) is 5.41 Å². The van der Waals surface area contributed by atoms with Gasteiger partial charge in [0.2, 0.25) is 5.96 Å². The lowest BCUT2D eigenvalue weighted by atomic mass is 10.1. The highest BCUT2D eigenvalue weighted by molar-refractivity contribution is 5.82. The van der Waals surface area contributed by atoms with E-state index in [4.69, 9.17) is 16.2 Å². The summed E-state index contributed by atoms with van der Waals surface area (Å²) in [5, 5.41) is 25.4. The van der Waals surface area contributed by atoms with Crippen molar-refractivity contribution in [2.24, 2.45) is 5.73 Å². The standard InChI is InChI=1S/C10H13N3O3/c11-10(12)13(16)8(9(14)15)6-7-4-2-1-3-5-7/h1-5,8,16H,6H2,(H3,11,12)(H,14,15). The van der Waals surface area contributed by atoms with Crippen molar-refractivity contribution in [2.45, 2.75) is 12.5 Å². The van der Waals surface area contributed by atoms with Crippen molar-refractivity contribution in [3.05, 3.63) is 35.9 Å². The van der Waals surface area contributed by atoms with Gasteiger partial charge in [0.15, 0.2) is 6.04 Å². The zero-order chi connectivity index (χ0) is 12.1. The zero-order valence-corrected chi connectivity index (χ0v) is 8.50. The lowest BCUT2D eigenvalue weighted by Crippen LogP contribution is -2.47. The van der Waals surface area contributed by atoms with E-state index in [-0.39, 0.29) is 11.5 Å². The molecule has 86 valence electrons. The van der Waals surface area contributed by atoms with Crippen molar-refractivity contribution in [2.75, 3.05) is 0 Å². The number of rotatable bonds is 4. The minimum absolute atomic E-state index is 0.0756. The molecular formula is C10H13N3O3. The third-order valence-electron chi connectivity index (χ3n) is 2.10. The molecule has 1 atom stereocenters. The van der Waals surface area contributed by atoms with Gasteiger partial charge in [-0.15, -0.1) is 0 Å². The van der Waals surface area contributed by atoms with Crippen LogP contribution >= 0.6 is 0 Å². The Hall–Kier alpha value is -2.08. The Kier molecular flexibility index (Phi) is 3.84. The summed E-state index contributed by atoms with van der Waals surface area (Å²) in [6.07, 6.45) is 0.0756. The van der Waals surface area contributed by atoms with E-state index in [1.807, 2.05) is 0 Å². The number of hydrogen-bond acceptors (Lipinski definition) is 3. The van der Waals surface area contributed by atoms with Gasteiger partial charge in [-0.3, -0.25) is 10.6 Å². The number of benzene rings is 1. The number of nitrogens with two attached hydrogens (primary N) is 1.